The molecule has 1 saturated heterocycles. The molecular weight excluding hydrogens is 376 g/mol. The number of nitrogens with one attached hydrogen (secondary N) is 2. The quantitative estimate of drug-likeness (QED) is 0.687. The molecule has 0 saturated carbocycles. The molecule has 1 aliphatic rings. The molecular formula is C24H24N4O2. The topological polar surface area (TPSA) is 64.7 Å². The summed E-state index contributed by atoms with van der Waals surface area (Å²) in [5, 5.41) is 5.77. The predicted octanol–water partition coefficient (Wildman–Crippen LogP) is 4.29. The van der Waals surface area contributed by atoms with Crippen molar-refractivity contribution in [3.63, 3.8) is 0 Å². The first-order chi connectivity index (χ1) is 14.7. The van der Waals surface area contributed by atoms with Crippen molar-refractivity contribution in [1.82, 2.24) is 4.90 Å². The Labute approximate surface area is 176 Å². The van der Waals surface area contributed by atoms with Gasteiger partial charge in [-0.1, -0.05) is 36.4 Å². The van der Waals surface area contributed by atoms with Gasteiger partial charge in [0, 0.05) is 48.8 Å². The molecule has 0 spiro atoms. The Balaban J connectivity index is 1.29. The SMILES string of the molecule is O=C(Nc1ccccc1)c1ccc(NC(=O)N2CCN(c3ccccc3)CC2)cc1. The van der Waals surface area contributed by atoms with Gasteiger partial charge in [-0.2, -0.15) is 0 Å². The zero-order valence-corrected chi connectivity index (χ0v) is 16.6. The summed E-state index contributed by atoms with van der Waals surface area (Å²) in [6.45, 7) is 2.93. The molecule has 3 amide bonds. The highest BCUT2D eigenvalue weighted by Crippen LogP contribution is 2.17. The summed E-state index contributed by atoms with van der Waals surface area (Å²) in [5.41, 5.74) is 3.13. The van der Waals surface area contributed by atoms with Gasteiger partial charge in [-0.15, -0.1) is 0 Å². The third-order valence-electron chi connectivity index (χ3n) is 5.12. The minimum absolute atomic E-state index is 0.121. The van der Waals surface area contributed by atoms with Gasteiger partial charge in [-0.3, -0.25) is 4.79 Å². The summed E-state index contributed by atoms with van der Waals surface area (Å²) in [7, 11) is 0. The molecule has 0 bridgehead atoms. The number of rotatable bonds is 4. The van der Waals surface area contributed by atoms with Gasteiger partial charge < -0.3 is 20.4 Å². The first-order valence-electron chi connectivity index (χ1n) is 10.0. The van der Waals surface area contributed by atoms with Crippen LogP contribution < -0.4 is 15.5 Å². The summed E-state index contributed by atoms with van der Waals surface area (Å²) in [6.07, 6.45) is 0. The number of carbonyl (C=O) groups is 2. The van der Waals surface area contributed by atoms with E-state index in [-0.39, 0.29) is 11.9 Å². The summed E-state index contributed by atoms with van der Waals surface area (Å²) in [4.78, 5) is 29.0. The third-order valence-corrected chi connectivity index (χ3v) is 5.12. The van der Waals surface area contributed by atoms with Crippen LogP contribution in [0.4, 0.5) is 21.9 Å². The van der Waals surface area contributed by atoms with E-state index in [0.29, 0.717) is 24.3 Å². The number of benzene rings is 3. The van der Waals surface area contributed by atoms with Gasteiger partial charge in [0.15, 0.2) is 0 Å². The van der Waals surface area contributed by atoms with Crippen LogP contribution in [0.5, 0.6) is 0 Å². The van der Waals surface area contributed by atoms with Gasteiger partial charge in [0.05, 0.1) is 0 Å². The molecule has 30 heavy (non-hydrogen) atoms. The Kier molecular flexibility index (Phi) is 5.94. The number of urea groups is 1. The molecule has 1 heterocycles. The second kappa shape index (κ2) is 9.13. The van der Waals surface area contributed by atoms with Crippen molar-refractivity contribution in [2.24, 2.45) is 0 Å². The molecule has 6 heteroatoms. The van der Waals surface area contributed by atoms with Gasteiger partial charge in [0.2, 0.25) is 0 Å². The van der Waals surface area contributed by atoms with E-state index in [1.807, 2.05) is 53.4 Å². The number of anilines is 3. The van der Waals surface area contributed by atoms with Crippen LogP contribution in [0.1, 0.15) is 10.4 Å². The monoisotopic (exact) mass is 400 g/mol. The van der Waals surface area contributed by atoms with Crippen LogP contribution >= 0.6 is 0 Å². The van der Waals surface area contributed by atoms with Crippen molar-refractivity contribution in [1.29, 1.82) is 0 Å². The molecule has 1 fully saturated rings. The zero-order valence-electron chi connectivity index (χ0n) is 16.6. The largest absolute Gasteiger partial charge is 0.368 e. The lowest BCUT2D eigenvalue weighted by atomic mass is 10.2. The predicted molar refractivity (Wildman–Crippen MR) is 120 cm³/mol. The fourth-order valence-corrected chi connectivity index (χ4v) is 3.44. The lowest BCUT2D eigenvalue weighted by Gasteiger charge is -2.36. The van der Waals surface area contributed by atoms with Gasteiger partial charge in [0.25, 0.3) is 5.91 Å². The Bertz CT molecular complexity index is 983. The van der Waals surface area contributed by atoms with Crippen molar-refractivity contribution >= 4 is 29.0 Å². The van der Waals surface area contributed by atoms with Crippen LogP contribution in [-0.4, -0.2) is 43.0 Å². The number of amides is 3. The van der Waals surface area contributed by atoms with Gasteiger partial charge >= 0.3 is 6.03 Å². The van der Waals surface area contributed by atoms with Crippen molar-refractivity contribution in [3.05, 3.63) is 90.5 Å². The maximum Gasteiger partial charge on any atom is 0.321 e. The molecule has 0 aliphatic carbocycles. The normalized spacial score (nSPS) is 13.6. The average Bonchev–Trinajstić information content (AvgIpc) is 2.81. The molecule has 0 atom stereocenters. The maximum absolute atomic E-state index is 12.6. The van der Waals surface area contributed by atoms with E-state index in [9.17, 15) is 9.59 Å². The molecule has 0 aromatic heterocycles. The van der Waals surface area contributed by atoms with Crippen LogP contribution in [0, 0.1) is 0 Å². The van der Waals surface area contributed by atoms with E-state index in [4.69, 9.17) is 0 Å². The minimum Gasteiger partial charge on any atom is -0.368 e. The van der Waals surface area contributed by atoms with Crippen molar-refractivity contribution < 1.29 is 9.59 Å². The molecule has 152 valence electrons. The van der Waals surface area contributed by atoms with E-state index < -0.39 is 0 Å². The Morgan fingerprint density at radius 3 is 1.83 bits per heavy atom. The average molecular weight is 400 g/mol. The minimum atomic E-state index is -0.184. The Morgan fingerprint density at radius 1 is 0.633 bits per heavy atom. The Morgan fingerprint density at radius 2 is 1.20 bits per heavy atom. The van der Waals surface area contributed by atoms with Crippen LogP contribution in [0.15, 0.2) is 84.9 Å². The molecule has 0 unspecified atom stereocenters. The van der Waals surface area contributed by atoms with Crippen molar-refractivity contribution in [2.45, 2.75) is 0 Å². The summed E-state index contributed by atoms with van der Waals surface area (Å²) >= 11 is 0. The highest BCUT2D eigenvalue weighted by atomic mass is 16.2. The number of hydrogen-bond donors (Lipinski definition) is 2. The lowest BCUT2D eigenvalue weighted by Crippen LogP contribution is -2.50. The van der Waals surface area contributed by atoms with E-state index >= 15 is 0 Å². The zero-order chi connectivity index (χ0) is 20.8. The molecule has 6 nitrogen and oxygen atoms in total. The number of para-hydroxylation sites is 2. The number of hydrogen-bond acceptors (Lipinski definition) is 3. The fourth-order valence-electron chi connectivity index (χ4n) is 3.44. The van der Waals surface area contributed by atoms with E-state index in [1.165, 1.54) is 5.69 Å². The van der Waals surface area contributed by atoms with Crippen molar-refractivity contribution in [3.8, 4) is 0 Å². The molecule has 2 N–H and O–H groups in total. The van der Waals surface area contributed by atoms with E-state index in [2.05, 4.69) is 27.7 Å². The summed E-state index contributed by atoms with van der Waals surface area (Å²) < 4.78 is 0. The number of carbonyl (C=O) groups excluding carboxylic acids is 2. The van der Waals surface area contributed by atoms with Crippen LogP contribution in [-0.2, 0) is 0 Å². The smallest absolute Gasteiger partial charge is 0.321 e. The highest BCUT2D eigenvalue weighted by Gasteiger charge is 2.21. The molecule has 0 radical (unpaired) electrons. The molecule has 1 aliphatic heterocycles. The van der Waals surface area contributed by atoms with Crippen LogP contribution in [0.2, 0.25) is 0 Å². The molecule has 3 aromatic rings. The Hall–Kier alpha value is -3.80. The van der Waals surface area contributed by atoms with Crippen LogP contribution in [0.25, 0.3) is 0 Å². The van der Waals surface area contributed by atoms with E-state index in [0.717, 1.165) is 18.8 Å². The van der Waals surface area contributed by atoms with Gasteiger partial charge in [-0.05, 0) is 48.5 Å². The van der Waals surface area contributed by atoms with Gasteiger partial charge in [0.1, 0.15) is 0 Å². The second-order valence-electron chi connectivity index (χ2n) is 7.14. The molecule has 3 aromatic carbocycles. The van der Waals surface area contributed by atoms with Gasteiger partial charge in [-0.25, -0.2) is 4.79 Å². The fraction of sp³-hybridized carbons (Fsp3) is 0.167. The summed E-state index contributed by atoms with van der Waals surface area (Å²) in [6, 6.07) is 26.3. The first kappa shape index (κ1) is 19.5. The van der Waals surface area contributed by atoms with Crippen LogP contribution in [0.3, 0.4) is 0 Å². The van der Waals surface area contributed by atoms with E-state index in [1.54, 1.807) is 24.3 Å². The maximum atomic E-state index is 12.6. The van der Waals surface area contributed by atoms with Crippen molar-refractivity contribution in [2.75, 3.05) is 41.7 Å². The third kappa shape index (κ3) is 4.78. The number of piperazine rings is 1. The standard InChI is InChI=1S/C24H24N4O2/c29-23(25-20-7-3-1-4-8-20)19-11-13-21(14-12-19)26-24(30)28-17-15-27(16-18-28)22-9-5-2-6-10-22/h1-14H,15-18H2,(H,25,29)(H,26,30). The summed E-state index contributed by atoms with van der Waals surface area (Å²) in [5.74, 6) is -0.184. The second-order valence-corrected chi connectivity index (χ2v) is 7.14. The number of nitrogens with zero attached hydrogens (tertiary/aromatic N) is 2. The first-order valence-corrected chi connectivity index (χ1v) is 10.0. The lowest BCUT2D eigenvalue weighted by molar-refractivity contribution is 0.102. The molecule has 4 rings (SSSR count). The highest BCUT2D eigenvalue weighted by molar-refractivity contribution is 6.04.